The van der Waals surface area contributed by atoms with E-state index >= 15 is 0 Å². The number of aromatic nitrogens is 1. The minimum Gasteiger partial charge on any atom is -0.476 e. The summed E-state index contributed by atoms with van der Waals surface area (Å²) in [4.78, 5) is 26.3. The van der Waals surface area contributed by atoms with Crippen LogP contribution in [0, 0.1) is 5.82 Å². The number of hydrogen-bond donors (Lipinski definition) is 2. The average molecular weight is 294 g/mol. The molecule has 1 aromatic carbocycles. The molecule has 0 aliphatic carbocycles. The number of carbonyl (C=O) groups excluding carboxylic acids is 1. The summed E-state index contributed by atoms with van der Waals surface area (Å²) in [6, 6.07) is 5.43. The van der Waals surface area contributed by atoms with Gasteiger partial charge >= 0.3 is 5.97 Å². The van der Waals surface area contributed by atoms with Crippen molar-refractivity contribution in [3.05, 3.63) is 51.7 Å². The molecule has 104 valence electrons. The Morgan fingerprint density at radius 2 is 2.00 bits per heavy atom. The Balaban J connectivity index is 2.06. The first-order chi connectivity index (χ1) is 9.47. The molecule has 0 aliphatic heterocycles. The van der Waals surface area contributed by atoms with Gasteiger partial charge in [-0.1, -0.05) is 12.1 Å². The van der Waals surface area contributed by atoms with Crippen molar-refractivity contribution in [3.8, 4) is 0 Å². The van der Waals surface area contributed by atoms with Crippen LogP contribution >= 0.6 is 11.3 Å². The van der Waals surface area contributed by atoms with Crippen LogP contribution in [-0.4, -0.2) is 22.0 Å². The Bertz CT molecular complexity index is 639. The van der Waals surface area contributed by atoms with Crippen molar-refractivity contribution in [2.45, 2.75) is 13.0 Å². The normalized spacial score (nSPS) is 11.9. The first kappa shape index (κ1) is 14.1. The maximum Gasteiger partial charge on any atom is 0.355 e. The molecule has 20 heavy (non-hydrogen) atoms. The van der Waals surface area contributed by atoms with Crippen molar-refractivity contribution in [1.82, 2.24) is 10.3 Å². The van der Waals surface area contributed by atoms with Crippen LogP contribution in [0.3, 0.4) is 0 Å². The molecule has 7 heteroatoms. The molecule has 2 aromatic rings. The second kappa shape index (κ2) is 5.79. The summed E-state index contributed by atoms with van der Waals surface area (Å²) in [6.07, 6.45) is 0. The topological polar surface area (TPSA) is 79.3 Å². The van der Waals surface area contributed by atoms with E-state index in [1.807, 2.05) is 0 Å². The highest BCUT2D eigenvalue weighted by atomic mass is 32.1. The second-order valence-electron chi connectivity index (χ2n) is 4.09. The summed E-state index contributed by atoms with van der Waals surface area (Å²) < 4.78 is 12.8. The molecule has 1 atom stereocenters. The van der Waals surface area contributed by atoms with E-state index in [1.165, 1.54) is 17.5 Å². The molecule has 0 bridgehead atoms. The minimum absolute atomic E-state index is 0.0800. The summed E-state index contributed by atoms with van der Waals surface area (Å²) in [5.41, 5.74) is 0.587. The van der Waals surface area contributed by atoms with Crippen molar-refractivity contribution >= 4 is 23.2 Å². The smallest absolute Gasteiger partial charge is 0.355 e. The van der Waals surface area contributed by atoms with Crippen LogP contribution in [0.25, 0.3) is 0 Å². The molecule has 2 rings (SSSR count). The van der Waals surface area contributed by atoms with Gasteiger partial charge in [-0.15, -0.1) is 11.3 Å². The number of halogens is 1. The fourth-order valence-electron chi connectivity index (χ4n) is 1.57. The van der Waals surface area contributed by atoms with Crippen LogP contribution in [0.5, 0.6) is 0 Å². The van der Waals surface area contributed by atoms with Crippen LogP contribution in [0.2, 0.25) is 0 Å². The van der Waals surface area contributed by atoms with Gasteiger partial charge < -0.3 is 10.4 Å². The average Bonchev–Trinajstić information content (AvgIpc) is 2.89. The molecule has 0 fully saturated rings. The van der Waals surface area contributed by atoms with Crippen LogP contribution < -0.4 is 5.32 Å². The van der Waals surface area contributed by atoms with Crippen molar-refractivity contribution in [2.24, 2.45) is 0 Å². The Morgan fingerprint density at radius 3 is 2.55 bits per heavy atom. The fraction of sp³-hybridized carbons (Fsp3) is 0.154. The molecule has 0 saturated heterocycles. The Morgan fingerprint density at radius 1 is 1.35 bits per heavy atom. The van der Waals surface area contributed by atoms with Crippen LogP contribution in [0.4, 0.5) is 4.39 Å². The van der Waals surface area contributed by atoms with Crippen molar-refractivity contribution in [3.63, 3.8) is 0 Å². The minimum atomic E-state index is -1.17. The van der Waals surface area contributed by atoms with Gasteiger partial charge in [-0.2, -0.15) is 0 Å². The molecule has 1 unspecified atom stereocenters. The number of carboxylic acid groups (broad SMARTS) is 1. The van der Waals surface area contributed by atoms with E-state index in [4.69, 9.17) is 5.11 Å². The first-order valence-electron chi connectivity index (χ1n) is 5.72. The molecule has 1 heterocycles. The molecular weight excluding hydrogens is 283 g/mol. The molecule has 0 saturated carbocycles. The monoisotopic (exact) mass is 294 g/mol. The molecule has 2 N–H and O–H groups in total. The second-order valence-corrected chi connectivity index (χ2v) is 4.95. The molecule has 1 amide bonds. The van der Waals surface area contributed by atoms with Gasteiger partial charge in [-0.25, -0.2) is 14.2 Å². The maximum absolute atomic E-state index is 12.8. The number of carbonyl (C=O) groups is 2. The van der Waals surface area contributed by atoms with Gasteiger partial charge in [0.1, 0.15) is 5.82 Å². The number of hydrogen-bond acceptors (Lipinski definition) is 4. The summed E-state index contributed by atoms with van der Waals surface area (Å²) in [5.74, 6) is -1.98. The third-order valence-electron chi connectivity index (χ3n) is 2.64. The Labute approximate surface area is 118 Å². The van der Waals surface area contributed by atoms with Crippen molar-refractivity contribution in [2.75, 3.05) is 0 Å². The standard InChI is InChI=1S/C13H11FN2O3S/c1-7(8-2-4-9(14)5-3-8)15-11(17)12-16-10(6-20-12)13(18)19/h2-7H,1H3,(H,15,17)(H,18,19). The lowest BCUT2D eigenvalue weighted by molar-refractivity contribution is 0.0691. The number of aromatic carboxylic acids is 1. The number of rotatable bonds is 4. The van der Waals surface area contributed by atoms with Gasteiger partial charge in [0.05, 0.1) is 6.04 Å². The highest BCUT2D eigenvalue weighted by molar-refractivity contribution is 7.11. The van der Waals surface area contributed by atoms with Gasteiger partial charge in [0.15, 0.2) is 10.7 Å². The lowest BCUT2D eigenvalue weighted by atomic mass is 10.1. The van der Waals surface area contributed by atoms with Crippen molar-refractivity contribution in [1.29, 1.82) is 0 Å². The predicted molar refractivity (Wildman–Crippen MR) is 71.4 cm³/mol. The summed E-state index contributed by atoms with van der Waals surface area (Å²) >= 11 is 0.962. The van der Waals surface area contributed by atoms with E-state index in [2.05, 4.69) is 10.3 Å². The molecule has 1 aromatic heterocycles. The van der Waals surface area contributed by atoms with E-state index < -0.39 is 11.9 Å². The zero-order valence-corrected chi connectivity index (χ0v) is 11.3. The van der Waals surface area contributed by atoms with E-state index in [9.17, 15) is 14.0 Å². The third kappa shape index (κ3) is 3.18. The lowest BCUT2D eigenvalue weighted by Crippen LogP contribution is -2.26. The SMILES string of the molecule is CC(NC(=O)c1nc(C(=O)O)cs1)c1ccc(F)cc1. The zero-order valence-electron chi connectivity index (χ0n) is 10.5. The largest absolute Gasteiger partial charge is 0.476 e. The summed E-state index contributed by atoms with van der Waals surface area (Å²) in [5, 5.41) is 12.8. The number of thiazole rings is 1. The first-order valence-corrected chi connectivity index (χ1v) is 6.60. The molecule has 0 radical (unpaired) electrons. The molecular formula is C13H11FN2O3S. The Hall–Kier alpha value is -2.28. The van der Waals surface area contributed by atoms with Crippen LogP contribution in [-0.2, 0) is 0 Å². The highest BCUT2D eigenvalue weighted by Crippen LogP contribution is 2.15. The van der Waals surface area contributed by atoms with E-state index in [0.717, 1.165) is 16.9 Å². The van der Waals surface area contributed by atoms with Gasteiger partial charge in [0.2, 0.25) is 0 Å². The van der Waals surface area contributed by atoms with Gasteiger partial charge in [-0.05, 0) is 24.6 Å². The maximum atomic E-state index is 12.8. The lowest BCUT2D eigenvalue weighted by Gasteiger charge is -2.13. The molecule has 5 nitrogen and oxygen atoms in total. The van der Waals surface area contributed by atoms with Gasteiger partial charge in [0.25, 0.3) is 5.91 Å². The van der Waals surface area contributed by atoms with E-state index in [-0.39, 0.29) is 22.6 Å². The number of benzene rings is 1. The molecule has 0 aliphatic rings. The predicted octanol–water partition coefficient (Wildman–Crippen LogP) is 2.47. The van der Waals surface area contributed by atoms with Gasteiger partial charge in [-0.3, -0.25) is 4.79 Å². The number of carboxylic acids is 1. The number of amides is 1. The third-order valence-corrected chi connectivity index (χ3v) is 3.48. The molecule has 0 spiro atoms. The number of nitrogens with one attached hydrogen (secondary N) is 1. The van der Waals surface area contributed by atoms with Crippen LogP contribution in [0.15, 0.2) is 29.6 Å². The summed E-state index contributed by atoms with van der Waals surface area (Å²) in [6.45, 7) is 1.75. The fourth-order valence-corrected chi connectivity index (χ4v) is 2.26. The van der Waals surface area contributed by atoms with Crippen LogP contribution in [0.1, 0.15) is 38.8 Å². The number of nitrogens with zero attached hydrogens (tertiary/aromatic N) is 1. The van der Waals surface area contributed by atoms with E-state index in [0.29, 0.717) is 0 Å². The van der Waals surface area contributed by atoms with Gasteiger partial charge in [0, 0.05) is 5.38 Å². The Kier molecular flexibility index (Phi) is 4.09. The van der Waals surface area contributed by atoms with Crippen molar-refractivity contribution < 1.29 is 19.1 Å². The van der Waals surface area contributed by atoms with E-state index in [1.54, 1.807) is 19.1 Å². The summed E-state index contributed by atoms with van der Waals surface area (Å²) in [7, 11) is 0. The zero-order chi connectivity index (χ0) is 14.7. The quantitative estimate of drug-likeness (QED) is 0.908. The highest BCUT2D eigenvalue weighted by Gasteiger charge is 2.17.